The van der Waals surface area contributed by atoms with Gasteiger partial charge in [0.15, 0.2) is 0 Å². The minimum absolute atomic E-state index is 0.184. The molecule has 122 valence electrons. The monoisotopic (exact) mass is 326 g/mol. The number of aliphatic carboxylic acids is 1. The molecule has 2 N–H and O–H groups in total. The molecule has 2 heterocycles. The van der Waals surface area contributed by atoms with Gasteiger partial charge in [-0.3, -0.25) is 20.2 Å². The summed E-state index contributed by atoms with van der Waals surface area (Å²) in [4.78, 5) is 45.5. The lowest BCUT2D eigenvalue weighted by atomic mass is 10.1. The first-order chi connectivity index (χ1) is 11.4. The molecule has 8 heteroatoms. The van der Waals surface area contributed by atoms with Crippen LogP contribution in [0.25, 0.3) is 17.0 Å². The Morgan fingerprint density at radius 2 is 1.83 bits per heavy atom. The summed E-state index contributed by atoms with van der Waals surface area (Å²) in [5, 5.41) is 15.7. The highest BCUT2D eigenvalue weighted by Gasteiger charge is 2.27. The van der Waals surface area contributed by atoms with E-state index < -0.39 is 29.9 Å². The first-order valence-corrected chi connectivity index (χ1v) is 7.06. The summed E-state index contributed by atoms with van der Waals surface area (Å²) in [5.74, 6) is -2.74. The maximum Gasteiger partial charge on any atom is 0.328 e. The minimum Gasteiger partial charge on any atom is -0.548 e. The third-order valence-electron chi connectivity index (χ3n) is 3.76. The van der Waals surface area contributed by atoms with Crippen molar-refractivity contribution in [3.8, 4) is 0 Å². The molecule has 2 aromatic rings. The van der Waals surface area contributed by atoms with Crippen LogP contribution in [0.1, 0.15) is 18.5 Å². The molecular weight excluding hydrogens is 314 g/mol. The van der Waals surface area contributed by atoms with E-state index in [0.717, 1.165) is 5.39 Å². The first-order valence-electron chi connectivity index (χ1n) is 7.06. The Morgan fingerprint density at radius 3 is 2.46 bits per heavy atom. The Labute approximate surface area is 135 Å². The van der Waals surface area contributed by atoms with Gasteiger partial charge < -0.3 is 14.5 Å². The van der Waals surface area contributed by atoms with Crippen LogP contribution in [-0.4, -0.2) is 28.4 Å². The lowest BCUT2D eigenvalue weighted by Crippen LogP contribution is -2.51. The van der Waals surface area contributed by atoms with E-state index in [1.54, 1.807) is 35.0 Å². The molecule has 1 aliphatic rings. The fourth-order valence-electron chi connectivity index (χ4n) is 2.50. The van der Waals surface area contributed by atoms with Gasteiger partial charge in [-0.05, 0) is 36.8 Å². The molecule has 0 bridgehead atoms. The van der Waals surface area contributed by atoms with Crippen molar-refractivity contribution in [3.63, 3.8) is 0 Å². The van der Waals surface area contributed by atoms with Crippen LogP contribution in [0.2, 0.25) is 0 Å². The van der Waals surface area contributed by atoms with Crippen molar-refractivity contribution < 1.29 is 24.3 Å². The predicted molar refractivity (Wildman–Crippen MR) is 81.3 cm³/mol. The van der Waals surface area contributed by atoms with E-state index in [0.29, 0.717) is 11.1 Å². The highest BCUT2D eigenvalue weighted by Crippen LogP contribution is 2.22. The van der Waals surface area contributed by atoms with Crippen molar-refractivity contribution in [3.05, 3.63) is 41.6 Å². The Hall–Kier alpha value is -3.42. The second kappa shape index (κ2) is 5.65. The van der Waals surface area contributed by atoms with E-state index in [4.69, 9.17) is 0 Å². The number of carboxylic acids is 1. The lowest BCUT2D eigenvalue weighted by Gasteiger charge is -2.16. The third kappa shape index (κ3) is 2.65. The minimum atomic E-state index is -1.20. The maximum absolute atomic E-state index is 11.7. The number of nitrogens with one attached hydrogen (secondary N) is 2. The zero-order valence-corrected chi connectivity index (χ0v) is 12.5. The quantitative estimate of drug-likeness (QED) is 0.593. The number of imide groups is 2. The van der Waals surface area contributed by atoms with Crippen LogP contribution < -0.4 is 15.7 Å². The highest BCUT2D eigenvalue weighted by atomic mass is 16.4. The standard InChI is InChI=1S/C16H13N3O5/c1-8(15(22)23)19-5-4-10-6-9(2-3-12(10)19)7-11-13(20)17-16(24)18-14(11)21/h2-8H,1H3,(H,22,23)(H2,17,18,20,21,24)/p-1/t8-/m0/s1. The molecule has 0 aliphatic carbocycles. The normalized spacial score (nSPS) is 15.9. The largest absolute Gasteiger partial charge is 0.548 e. The number of nitrogens with zero attached hydrogens (tertiary/aromatic N) is 1. The van der Waals surface area contributed by atoms with Gasteiger partial charge in [0.2, 0.25) is 0 Å². The van der Waals surface area contributed by atoms with Crippen molar-refractivity contribution >= 4 is 40.8 Å². The summed E-state index contributed by atoms with van der Waals surface area (Å²) < 4.78 is 1.56. The average molecular weight is 326 g/mol. The molecule has 0 unspecified atom stereocenters. The molecule has 1 atom stereocenters. The van der Waals surface area contributed by atoms with Crippen molar-refractivity contribution in [2.24, 2.45) is 0 Å². The summed E-state index contributed by atoms with van der Waals surface area (Å²) in [6.45, 7) is 1.51. The van der Waals surface area contributed by atoms with Crippen LogP contribution >= 0.6 is 0 Å². The van der Waals surface area contributed by atoms with Crippen LogP contribution in [0, 0.1) is 0 Å². The number of rotatable bonds is 3. The zero-order valence-electron chi connectivity index (χ0n) is 12.5. The molecule has 0 radical (unpaired) electrons. The van der Waals surface area contributed by atoms with Crippen molar-refractivity contribution in [2.75, 3.05) is 0 Å². The lowest BCUT2D eigenvalue weighted by molar-refractivity contribution is -0.309. The average Bonchev–Trinajstić information content (AvgIpc) is 2.93. The van der Waals surface area contributed by atoms with E-state index >= 15 is 0 Å². The van der Waals surface area contributed by atoms with Gasteiger partial charge in [-0.2, -0.15) is 0 Å². The number of urea groups is 1. The summed E-state index contributed by atoms with van der Waals surface area (Å²) >= 11 is 0. The van der Waals surface area contributed by atoms with Crippen LogP contribution in [-0.2, 0) is 14.4 Å². The maximum atomic E-state index is 11.7. The number of carbonyl (C=O) groups is 4. The Morgan fingerprint density at radius 1 is 1.17 bits per heavy atom. The molecule has 1 aromatic heterocycles. The van der Waals surface area contributed by atoms with Crippen LogP contribution in [0.4, 0.5) is 4.79 Å². The van der Waals surface area contributed by atoms with Gasteiger partial charge in [-0.25, -0.2) is 4.79 Å². The second-order valence-electron chi connectivity index (χ2n) is 5.33. The molecule has 1 aromatic carbocycles. The molecule has 3 rings (SSSR count). The van der Waals surface area contributed by atoms with Gasteiger partial charge >= 0.3 is 6.03 Å². The molecule has 1 saturated heterocycles. The SMILES string of the molecule is C[C@@H](C(=O)[O-])n1ccc2cc(C=C3C(=O)NC(=O)NC3=O)ccc21. The summed E-state index contributed by atoms with van der Waals surface area (Å²) in [7, 11) is 0. The van der Waals surface area contributed by atoms with Crippen LogP contribution in [0.3, 0.4) is 0 Å². The number of carboxylic acid groups (broad SMARTS) is 1. The van der Waals surface area contributed by atoms with Gasteiger partial charge in [-0.1, -0.05) is 6.07 Å². The second-order valence-corrected chi connectivity index (χ2v) is 5.33. The number of hydrogen-bond donors (Lipinski definition) is 2. The van der Waals surface area contributed by atoms with Crippen LogP contribution in [0.5, 0.6) is 0 Å². The molecule has 1 aliphatic heterocycles. The van der Waals surface area contributed by atoms with E-state index in [2.05, 4.69) is 0 Å². The van der Waals surface area contributed by atoms with Gasteiger partial charge in [0, 0.05) is 17.1 Å². The molecule has 4 amide bonds. The van der Waals surface area contributed by atoms with Gasteiger partial charge in [0.25, 0.3) is 11.8 Å². The van der Waals surface area contributed by atoms with Gasteiger partial charge in [-0.15, -0.1) is 0 Å². The number of carbonyl (C=O) groups excluding carboxylic acids is 4. The first kappa shape index (κ1) is 15.5. The fourth-order valence-corrected chi connectivity index (χ4v) is 2.50. The van der Waals surface area contributed by atoms with E-state index in [-0.39, 0.29) is 5.57 Å². The summed E-state index contributed by atoms with van der Waals surface area (Å²) in [6.07, 6.45) is 2.98. The van der Waals surface area contributed by atoms with Gasteiger partial charge in [0.05, 0.1) is 12.0 Å². The van der Waals surface area contributed by atoms with E-state index in [1.807, 2.05) is 10.6 Å². The zero-order chi connectivity index (χ0) is 17.4. The molecule has 0 spiro atoms. The molecule has 1 fully saturated rings. The number of hydrogen-bond acceptors (Lipinski definition) is 5. The van der Waals surface area contributed by atoms with Crippen molar-refractivity contribution in [2.45, 2.75) is 13.0 Å². The predicted octanol–water partition coefficient (Wildman–Crippen LogP) is -0.298. The van der Waals surface area contributed by atoms with E-state index in [9.17, 15) is 24.3 Å². The highest BCUT2D eigenvalue weighted by molar-refractivity contribution is 6.31. The van der Waals surface area contributed by atoms with E-state index in [1.165, 1.54) is 13.0 Å². The molecule has 24 heavy (non-hydrogen) atoms. The smallest absolute Gasteiger partial charge is 0.328 e. The third-order valence-corrected chi connectivity index (χ3v) is 3.76. The van der Waals surface area contributed by atoms with Crippen molar-refractivity contribution in [1.82, 2.24) is 15.2 Å². The topological polar surface area (TPSA) is 120 Å². The van der Waals surface area contributed by atoms with Crippen LogP contribution in [0.15, 0.2) is 36.0 Å². The Kier molecular flexibility index (Phi) is 3.64. The summed E-state index contributed by atoms with van der Waals surface area (Å²) in [6, 6.07) is 5.08. The molecular formula is C16H12N3O5-. The number of benzene rings is 1. The van der Waals surface area contributed by atoms with Gasteiger partial charge in [0.1, 0.15) is 5.57 Å². The number of fused-ring (bicyclic) bond motifs is 1. The number of barbiturate groups is 1. The molecule has 8 nitrogen and oxygen atoms in total. The Balaban J connectivity index is 1.99. The Bertz CT molecular complexity index is 903. The number of amides is 4. The van der Waals surface area contributed by atoms with Crippen molar-refractivity contribution in [1.29, 1.82) is 0 Å². The number of aromatic nitrogens is 1. The molecule has 0 saturated carbocycles. The fraction of sp³-hybridized carbons (Fsp3) is 0.125. The summed E-state index contributed by atoms with van der Waals surface area (Å²) in [5.41, 5.74) is 1.06.